The highest BCUT2D eigenvalue weighted by molar-refractivity contribution is 5.74. The lowest BCUT2D eigenvalue weighted by molar-refractivity contribution is 0.112. The lowest BCUT2D eigenvalue weighted by atomic mass is 9.90. The van der Waals surface area contributed by atoms with E-state index in [4.69, 9.17) is 0 Å². The van der Waals surface area contributed by atoms with E-state index in [2.05, 4.69) is 5.32 Å². The van der Waals surface area contributed by atoms with Crippen LogP contribution < -0.4 is 5.32 Å². The number of rotatable bonds is 3. The highest BCUT2D eigenvalue weighted by Gasteiger charge is 2.15. The third-order valence-electron chi connectivity index (χ3n) is 3.18. The summed E-state index contributed by atoms with van der Waals surface area (Å²) in [6.07, 6.45) is 3.67. The molecular formula is C13H16FNO. The fourth-order valence-corrected chi connectivity index (χ4v) is 2.20. The summed E-state index contributed by atoms with van der Waals surface area (Å²) in [5.74, 6) is 0.320. The third kappa shape index (κ3) is 2.67. The van der Waals surface area contributed by atoms with Gasteiger partial charge in [-0.2, -0.15) is 0 Å². The van der Waals surface area contributed by atoms with Crippen molar-refractivity contribution in [3.05, 3.63) is 35.1 Å². The highest BCUT2D eigenvalue weighted by atomic mass is 19.1. The molecule has 86 valence electrons. The molecule has 0 saturated carbocycles. The lowest BCUT2D eigenvalue weighted by Gasteiger charge is -2.22. The molecule has 0 radical (unpaired) electrons. The van der Waals surface area contributed by atoms with E-state index in [1.54, 1.807) is 12.1 Å². The molecule has 1 aromatic carbocycles. The molecule has 1 aromatic rings. The van der Waals surface area contributed by atoms with Gasteiger partial charge in [0.15, 0.2) is 0 Å². The Balaban J connectivity index is 2.05. The van der Waals surface area contributed by atoms with Gasteiger partial charge in [0.25, 0.3) is 0 Å². The van der Waals surface area contributed by atoms with Gasteiger partial charge in [0, 0.05) is 5.56 Å². The Bertz CT molecular complexity index is 372. The summed E-state index contributed by atoms with van der Waals surface area (Å²) < 4.78 is 13.6. The van der Waals surface area contributed by atoms with E-state index in [0.717, 1.165) is 37.9 Å². The van der Waals surface area contributed by atoms with E-state index in [9.17, 15) is 9.18 Å². The SMILES string of the molecule is O=Cc1ccc(CC2CCNCC2)c(F)c1. The van der Waals surface area contributed by atoms with Gasteiger partial charge in [0.2, 0.25) is 0 Å². The molecule has 3 heteroatoms. The first-order valence-corrected chi connectivity index (χ1v) is 5.74. The second kappa shape index (κ2) is 5.21. The minimum Gasteiger partial charge on any atom is -0.317 e. The molecule has 1 fully saturated rings. The quantitative estimate of drug-likeness (QED) is 0.793. The molecule has 1 saturated heterocycles. The topological polar surface area (TPSA) is 29.1 Å². The number of carbonyl (C=O) groups excluding carboxylic acids is 1. The summed E-state index contributed by atoms with van der Waals surface area (Å²) in [6, 6.07) is 4.75. The molecule has 0 spiro atoms. The van der Waals surface area contributed by atoms with Crippen molar-refractivity contribution in [2.24, 2.45) is 5.92 Å². The number of halogens is 1. The van der Waals surface area contributed by atoms with Gasteiger partial charge in [-0.15, -0.1) is 0 Å². The van der Waals surface area contributed by atoms with Crippen molar-refractivity contribution < 1.29 is 9.18 Å². The van der Waals surface area contributed by atoms with E-state index in [-0.39, 0.29) is 5.82 Å². The van der Waals surface area contributed by atoms with Gasteiger partial charge in [-0.1, -0.05) is 12.1 Å². The van der Waals surface area contributed by atoms with Crippen LogP contribution in [0, 0.1) is 11.7 Å². The normalized spacial score (nSPS) is 17.3. The summed E-state index contributed by atoms with van der Waals surface area (Å²) in [5, 5.41) is 3.29. The molecule has 0 amide bonds. The summed E-state index contributed by atoms with van der Waals surface area (Å²) in [4.78, 5) is 10.5. The lowest BCUT2D eigenvalue weighted by Crippen LogP contribution is -2.28. The van der Waals surface area contributed by atoms with Crippen molar-refractivity contribution in [1.29, 1.82) is 0 Å². The second-order valence-electron chi connectivity index (χ2n) is 4.37. The van der Waals surface area contributed by atoms with Crippen LogP contribution in [0.25, 0.3) is 0 Å². The average Bonchev–Trinajstić information content (AvgIpc) is 2.33. The molecule has 1 N–H and O–H groups in total. The standard InChI is InChI=1S/C13H16FNO/c14-13-8-11(9-16)1-2-12(13)7-10-3-5-15-6-4-10/h1-2,8-10,15H,3-7H2. The molecule has 16 heavy (non-hydrogen) atoms. The monoisotopic (exact) mass is 221 g/mol. The zero-order chi connectivity index (χ0) is 11.4. The molecule has 0 unspecified atom stereocenters. The van der Waals surface area contributed by atoms with Crippen LogP contribution in [0.1, 0.15) is 28.8 Å². The predicted octanol–water partition coefficient (Wildman–Crippen LogP) is 2.18. The minimum atomic E-state index is -0.247. The smallest absolute Gasteiger partial charge is 0.150 e. The largest absolute Gasteiger partial charge is 0.317 e. The number of hydrogen-bond donors (Lipinski definition) is 1. The fraction of sp³-hybridized carbons (Fsp3) is 0.462. The summed E-state index contributed by atoms with van der Waals surface area (Å²) >= 11 is 0. The van der Waals surface area contributed by atoms with Crippen molar-refractivity contribution in [2.75, 3.05) is 13.1 Å². The maximum Gasteiger partial charge on any atom is 0.150 e. The number of nitrogens with one attached hydrogen (secondary N) is 1. The highest BCUT2D eigenvalue weighted by Crippen LogP contribution is 2.20. The van der Waals surface area contributed by atoms with Crippen molar-refractivity contribution in [3.8, 4) is 0 Å². The van der Waals surface area contributed by atoms with E-state index < -0.39 is 0 Å². The van der Waals surface area contributed by atoms with Crippen molar-refractivity contribution in [1.82, 2.24) is 5.32 Å². The van der Waals surface area contributed by atoms with Gasteiger partial charge in [-0.25, -0.2) is 4.39 Å². The Kier molecular flexibility index (Phi) is 3.67. The average molecular weight is 221 g/mol. The Labute approximate surface area is 94.9 Å². The van der Waals surface area contributed by atoms with E-state index in [0.29, 0.717) is 17.8 Å². The van der Waals surface area contributed by atoms with Crippen LogP contribution >= 0.6 is 0 Å². The number of aldehydes is 1. The molecule has 0 atom stereocenters. The second-order valence-corrected chi connectivity index (χ2v) is 4.37. The minimum absolute atomic E-state index is 0.247. The molecular weight excluding hydrogens is 205 g/mol. The molecule has 0 aromatic heterocycles. The Morgan fingerprint density at radius 2 is 2.12 bits per heavy atom. The number of benzene rings is 1. The molecule has 1 aliphatic rings. The van der Waals surface area contributed by atoms with Crippen LogP contribution in [0.2, 0.25) is 0 Å². The van der Waals surface area contributed by atoms with Gasteiger partial charge >= 0.3 is 0 Å². The van der Waals surface area contributed by atoms with Gasteiger partial charge in [0.05, 0.1) is 0 Å². The predicted molar refractivity (Wildman–Crippen MR) is 61.1 cm³/mol. The van der Waals surface area contributed by atoms with Crippen molar-refractivity contribution in [3.63, 3.8) is 0 Å². The first-order chi connectivity index (χ1) is 7.79. The van der Waals surface area contributed by atoms with Crippen LogP contribution in [0.3, 0.4) is 0 Å². The van der Waals surface area contributed by atoms with E-state index in [1.165, 1.54) is 6.07 Å². The van der Waals surface area contributed by atoms with Crippen LogP contribution in [0.4, 0.5) is 4.39 Å². The van der Waals surface area contributed by atoms with Crippen molar-refractivity contribution >= 4 is 6.29 Å². The van der Waals surface area contributed by atoms with Crippen LogP contribution in [-0.2, 0) is 6.42 Å². The number of hydrogen-bond acceptors (Lipinski definition) is 2. The summed E-state index contributed by atoms with van der Waals surface area (Å²) in [5.41, 5.74) is 1.14. The first kappa shape index (κ1) is 11.3. The molecule has 0 bridgehead atoms. The summed E-state index contributed by atoms with van der Waals surface area (Å²) in [6.45, 7) is 2.05. The first-order valence-electron chi connectivity index (χ1n) is 5.74. The van der Waals surface area contributed by atoms with Gasteiger partial charge < -0.3 is 5.32 Å². The molecule has 1 aliphatic heterocycles. The maximum atomic E-state index is 13.6. The fourth-order valence-electron chi connectivity index (χ4n) is 2.20. The molecule has 2 rings (SSSR count). The zero-order valence-corrected chi connectivity index (χ0v) is 9.21. The summed E-state index contributed by atoms with van der Waals surface area (Å²) in [7, 11) is 0. The van der Waals surface area contributed by atoms with Crippen LogP contribution in [0.5, 0.6) is 0 Å². The van der Waals surface area contributed by atoms with Gasteiger partial charge in [0.1, 0.15) is 12.1 Å². The maximum absolute atomic E-state index is 13.6. The van der Waals surface area contributed by atoms with E-state index in [1.807, 2.05) is 0 Å². The Morgan fingerprint density at radius 1 is 1.38 bits per heavy atom. The van der Waals surface area contributed by atoms with E-state index >= 15 is 0 Å². The van der Waals surface area contributed by atoms with Gasteiger partial charge in [-0.05, 0) is 49.9 Å². The van der Waals surface area contributed by atoms with Crippen molar-refractivity contribution in [2.45, 2.75) is 19.3 Å². The molecule has 0 aliphatic carbocycles. The molecule has 2 nitrogen and oxygen atoms in total. The molecule has 1 heterocycles. The van der Waals surface area contributed by atoms with Crippen LogP contribution in [0.15, 0.2) is 18.2 Å². The number of carbonyl (C=O) groups is 1. The van der Waals surface area contributed by atoms with Gasteiger partial charge in [-0.3, -0.25) is 4.79 Å². The van der Waals surface area contributed by atoms with Crippen LogP contribution in [-0.4, -0.2) is 19.4 Å². The Hall–Kier alpha value is -1.22. The zero-order valence-electron chi connectivity index (χ0n) is 9.21. The number of piperidine rings is 1. The Morgan fingerprint density at radius 3 is 2.75 bits per heavy atom. The third-order valence-corrected chi connectivity index (χ3v) is 3.18.